The minimum atomic E-state index is -0.204. The third kappa shape index (κ3) is 5.47. The fourth-order valence-electron chi connectivity index (χ4n) is 2.17. The predicted molar refractivity (Wildman–Crippen MR) is 109 cm³/mol. The molecule has 0 bridgehead atoms. The number of hydrogen-bond acceptors (Lipinski definition) is 5. The lowest BCUT2D eigenvalue weighted by atomic mass is 10.2. The summed E-state index contributed by atoms with van der Waals surface area (Å²) in [5.74, 6) is 1.33. The Balaban J connectivity index is 1.53. The van der Waals surface area contributed by atoms with E-state index in [4.69, 9.17) is 4.74 Å². The second kappa shape index (κ2) is 9.22. The molecule has 0 saturated carbocycles. The zero-order chi connectivity index (χ0) is 18.2. The summed E-state index contributed by atoms with van der Waals surface area (Å²) in [6, 6.07) is 17.7. The molecule has 4 nitrogen and oxygen atoms in total. The van der Waals surface area contributed by atoms with Crippen LogP contribution in [-0.4, -0.2) is 18.0 Å². The maximum atomic E-state index is 12.1. The topological polar surface area (TPSA) is 51.2 Å². The van der Waals surface area contributed by atoms with Crippen molar-refractivity contribution in [2.45, 2.75) is 10.6 Å². The van der Waals surface area contributed by atoms with Crippen molar-refractivity contribution >= 4 is 40.2 Å². The van der Waals surface area contributed by atoms with E-state index in [1.807, 2.05) is 47.8 Å². The minimum absolute atomic E-state index is 0.204. The molecule has 2 aromatic carbocycles. The molecule has 6 heteroatoms. The molecule has 1 N–H and O–H groups in total. The fourth-order valence-corrected chi connectivity index (χ4v) is 3.80. The van der Waals surface area contributed by atoms with E-state index >= 15 is 0 Å². The zero-order valence-corrected chi connectivity index (χ0v) is 15.8. The van der Waals surface area contributed by atoms with Crippen LogP contribution in [0.2, 0.25) is 0 Å². The number of ether oxygens (including phenoxy) is 1. The van der Waals surface area contributed by atoms with Gasteiger partial charge in [-0.15, -0.1) is 23.1 Å². The highest BCUT2D eigenvalue weighted by molar-refractivity contribution is 7.98. The van der Waals surface area contributed by atoms with Gasteiger partial charge >= 0.3 is 0 Å². The van der Waals surface area contributed by atoms with Gasteiger partial charge in [0.25, 0.3) is 0 Å². The maximum Gasteiger partial charge on any atom is 0.250 e. The Bertz CT molecular complexity index is 892. The number of thiazole rings is 1. The van der Waals surface area contributed by atoms with Crippen LogP contribution in [0.3, 0.4) is 0 Å². The third-order valence-electron chi connectivity index (χ3n) is 3.43. The van der Waals surface area contributed by atoms with E-state index in [0.29, 0.717) is 5.13 Å². The standard InChI is InChI=1S/C20H18N2O2S2/c1-24-17-7-5-6-15(12-17)10-11-19(23)22-20-21-16(14-26-20)13-25-18-8-3-2-4-9-18/h2-12,14H,13H2,1H3,(H,21,22,23)/b11-10+. The molecule has 1 aromatic heterocycles. The van der Waals surface area contributed by atoms with Gasteiger partial charge in [0.1, 0.15) is 5.75 Å². The molecule has 0 aliphatic heterocycles. The number of methoxy groups -OCH3 is 1. The summed E-state index contributed by atoms with van der Waals surface area (Å²) in [5, 5.41) is 5.38. The van der Waals surface area contributed by atoms with E-state index in [1.54, 1.807) is 24.9 Å². The summed E-state index contributed by atoms with van der Waals surface area (Å²) in [6.07, 6.45) is 3.24. The van der Waals surface area contributed by atoms with Crippen molar-refractivity contribution in [1.29, 1.82) is 0 Å². The highest BCUT2D eigenvalue weighted by Gasteiger charge is 2.05. The molecule has 0 aliphatic rings. The summed E-state index contributed by atoms with van der Waals surface area (Å²) >= 11 is 3.15. The van der Waals surface area contributed by atoms with Gasteiger partial charge in [-0.2, -0.15) is 0 Å². The van der Waals surface area contributed by atoms with Gasteiger partial charge in [0.15, 0.2) is 5.13 Å². The molecule has 0 radical (unpaired) electrons. The highest BCUT2D eigenvalue weighted by Crippen LogP contribution is 2.24. The molecule has 26 heavy (non-hydrogen) atoms. The Morgan fingerprint density at radius 2 is 2.08 bits per heavy atom. The first-order chi connectivity index (χ1) is 12.7. The number of rotatable bonds is 7. The Hall–Kier alpha value is -2.57. The monoisotopic (exact) mass is 382 g/mol. The summed E-state index contributed by atoms with van der Waals surface area (Å²) in [6.45, 7) is 0. The third-order valence-corrected chi connectivity index (χ3v) is 5.28. The molecular weight excluding hydrogens is 364 g/mol. The summed E-state index contributed by atoms with van der Waals surface area (Å²) in [4.78, 5) is 17.7. The van der Waals surface area contributed by atoms with E-state index in [-0.39, 0.29) is 5.91 Å². The van der Waals surface area contributed by atoms with Gasteiger partial charge in [0.2, 0.25) is 5.91 Å². The van der Waals surface area contributed by atoms with E-state index < -0.39 is 0 Å². The molecule has 0 saturated heterocycles. The van der Waals surface area contributed by atoms with Crippen molar-refractivity contribution < 1.29 is 9.53 Å². The second-order valence-corrected chi connectivity index (χ2v) is 7.25. The highest BCUT2D eigenvalue weighted by atomic mass is 32.2. The van der Waals surface area contributed by atoms with Crippen molar-refractivity contribution in [3.05, 3.63) is 77.3 Å². The van der Waals surface area contributed by atoms with E-state index in [0.717, 1.165) is 22.8 Å². The Labute approximate surface area is 160 Å². The first-order valence-corrected chi connectivity index (χ1v) is 9.85. The number of amides is 1. The number of nitrogens with one attached hydrogen (secondary N) is 1. The predicted octanol–water partition coefficient (Wildman–Crippen LogP) is 5.10. The normalized spacial score (nSPS) is 10.8. The molecule has 0 aliphatic carbocycles. The van der Waals surface area contributed by atoms with Crippen molar-refractivity contribution in [3.63, 3.8) is 0 Å². The maximum absolute atomic E-state index is 12.1. The molecule has 0 spiro atoms. The van der Waals surface area contributed by atoms with Crippen molar-refractivity contribution in [2.75, 3.05) is 12.4 Å². The van der Waals surface area contributed by atoms with Crippen LogP contribution in [0.15, 0.2) is 70.9 Å². The van der Waals surface area contributed by atoms with Gasteiger partial charge in [-0.25, -0.2) is 4.98 Å². The van der Waals surface area contributed by atoms with E-state index in [9.17, 15) is 4.79 Å². The van der Waals surface area contributed by atoms with Crippen LogP contribution in [0.4, 0.5) is 5.13 Å². The lowest BCUT2D eigenvalue weighted by Crippen LogP contribution is -2.07. The molecule has 132 valence electrons. The van der Waals surface area contributed by atoms with Crippen molar-refractivity contribution in [3.8, 4) is 5.75 Å². The van der Waals surface area contributed by atoms with Gasteiger partial charge < -0.3 is 4.74 Å². The summed E-state index contributed by atoms with van der Waals surface area (Å²) in [5.41, 5.74) is 1.86. The number of benzene rings is 2. The lowest BCUT2D eigenvalue weighted by Gasteiger charge is -2.00. The van der Waals surface area contributed by atoms with Crippen LogP contribution in [0, 0.1) is 0 Å². The quantitative estimate of drug-likeness (QED) is 0.456. The largest absolute Gasteiger partial charge is 0.497 e. The van der Waals surface area contributed by atoms with Gasteiger partial charge in [-0.1, -0.05) is 30.3 Å². The summed E-state index contributed by atoms with van der Waals surface area (Å²) in [7, 11) is 1.62. The molecular formula is C20H18N2O2S2. The number of aromatic nitrogens is 1. The lowest BCUT2D eigenvalue weighted by molar-refractivity contribution is -0.111. The number of thioether (sulfide) groups is 1. The Morgan fingerprint density at radius 1 is 1.23 bits per heavy atom. The zero-order valence-electron chi connectivity index (χ0n) is 14.2. The number of carbonyl (C=O) groups is 1. The Morgan fingerprint density at radius 3 is 2.88 bits per heavy atom. The molecule has 3 rings (SSSR count). The van der Waals surface area contributed by atoms with E-state index in [1.165, 1.54) is 22.3 Å². The Kier molecular flexibility index (Phi) is 6.46. The molecule has 0 atom stereocenters. The first kappa shape index (κ1) is 18.2. The van der Waals surface area contributed by atoms with Gasteiger partial charge in [-0.05, 0) is 35.9 Å². The molecule has 1 heterocycles. The summed E-state index contributed by atoms with van der Waals surface area (Å²) < 4.78 is 5.17. The van der Waals surface area contributed by atoms with Crippen molar-refractivity contribution in [2.24, 2.45) is 0 Å². The van der Waals surface area contributed by atoms with Gasteiger partial charge in [0.05, 0.1) is 12.8 Å². The number of hydrogen-bond donors (Lipinski definition) is 1. The van der Waals surface area contributed by atoms with Crippen LogP contribution >= 0.6 is 23.1 Å². The molecule has 0 fully saturated rings. The fraction of sp³-hybridized carbons (Fsp3) is 0.100. The molecule has 0 unspecified atom stereocenters. The first-order valence-electron chi connectivity index (χ1n) is 7.98. The van der Waals surface area contributed by atoms with Crippen LogP contribution in [0.1, 0.15) is 11.3 Å². The van der Waals surface area contributed by atoms with Crippen molar-refractivity contribution in [1.82, 2.24) is 4.98 Å². The van der Waals surface area contributed by atoms with Gasteiger partial charge in [0, 0.05) is 22.1 Å². The van der Waals surface area contributed by atoms with Crippen LogP contribution in [0.5, 0.6) is 5.75 Å². The molecule has 3 aromatic rings. The molecule has 1 amide bonds. The number of carbonyl (C=O) groups excluding carboxylic acids is 1. The SMILES string of the molecule is COc1cccc(/C=C/C(=O)Nc2nc(CSc3ccccc3)cs2)c1. The van der Waals surface area contributed by atoms with Crippen LogP contribution in [0.25, 0.3) is 6.08 Å². The number of nitrogens with zero attached hydrogens (tertiary/aromatic N) is 1. The minimum Gasteiger partial charge on any atom is -0.497 e. The van der Waals surface area contributed by atoms with Crippen LogP contribution < -0.4 is 10.1 Å². The van der Waals surface area contributed by atoms with Gasteiger partial charge in [-0.3, -0.25) is 10.1 Å². The smallest absolute Gasteiger partial charge is 0.250 e. The average Bonchev–Trinajstić information content (AvgIpc) is 3.13. The van der Waals surface area contributed by atoms with Crippen LogP contribution in [-0.2, 0) is 10.5 Å². The number of anilines is 1. The van der Waals surface area contributed by atoms with E-state index in [2.05, 4.69) is 22.4 Å². The second-order valence-electron chi connectivity index (χ2n) is 5.34. The average molecular weight is 383 g/mol.